The van der Waals surface area contributed by atoms with Gasteiger partial charge in [0.15, 0.2) is 0 Å². The summed E-state index contributed by atoms with van der Waals surface area (Å²) in [5.74, 6) is -1.69. The lowest BCUT2D eigenvalue weighted by atomic mass is 10.0. The van der Waals surface area contributed by atoms with E-state index in [2.05, 4.69) is 40.4 Å². The zero-order chi connectivity index (χ0) is 37.4. The Kier molecular flexibility index (Phi) is 15.8. The van der Waals surface area contributed by atoms with E-state index in [0.29, 0.717) is 32.2 Å². The monoisotopic (exact) mass is 708 g/mol. The zero-order valence-corrected chi connectivity index (χ0v) is 31.0. The van der Waals surface area contributed by atoms with Gasteiger partial charge in [0.25, 0.3) is 5.91 Å². The number of carbonyl (C=O) groups is 5. The summed E-state index contributed by atoms with van der Waals surface area (Å²) in [5.41, 5.74) is 4.15. The van der Waals surface area contributed by atoms with Crippen molar-refractivity contribution in [3.8, 4) is 0 Å². The normalized spacial score (nSPS) is 15.0. The molecule has 51 heavy (non-hydrogen) atoms. The Hall–Kier alpha value is -4.61. The highest BCUT2D eigenvalue weighted by Crippen LogP contribution is 2.21. The van der Waals surface area contributed by atoms with Crippen LogP contribution in [0, 0.1) is 0 Å². The maximum absolute atomic E-state index is 13.7. The number of nitrogens with zero attached hydrogens (tertiary/aromatic N) is 1. The van der Waals surface area contributed by atoms with E-state index in [1.807, 2.05) is 30.3 Å². The van der Waals surface area contributed by atoms with Gasteiger partial charge in [-0.2, -0.15) is 5.48 Å². The standard InChI is InChI=1S/C39H56N4O8/c1-38(2,3)49-36(47)40-25-13-12-19-31(41-37(48)50-39(4,5)6)34(45)43-26-14-20-32(43)35(46)51-42-33(44)27-30-23-21-29(22-24-30)18-11-10-17-28-15-8-7-9-16-28/h7-9,15-16,21-24,31-32H,10-14,17-20,25-27H2,1-6H3,(H,40,47)(H,41,48)(H,42,44)/t31-,32-/m0/s1. The highest BCUT2D eigenvalue weighted by atomic mass is 16.7. The van der Waals surface area contributed by atoms with Crippen LogP contribution in [0.3, 0.4) is 0 Å². The van der Waals surface area contributed by atoms with E-state index in [0.717, 1.165) is 31.2 Å². The van der Waals surface area contributed by atoms with Gasteiger partial charge >= 0.3 is 18.2 Å². The van der Waals surface area contributed by atoms with E-state index in [1.165, 1.54) is 16.0 Å². The molecule has 0 aliphatic carbocycles. The van der Waals surface area contributed by atoms with Gasteiger partial charge in [0.1, 0.15) is 23.3 Å². The first-order chi connectivity index (χ1) is 24.1. The first-order valence-corrected chi connectivity index (χ1v) is 18.0. The van der Waals surface area contributed by atoms with Crippen LogP contribution in [0.5, 0.6) is 0 Å². The third-order valence-electron chi connectivity index (χ3n) is 8.06. The fourth-order valence-corrected chi connectivity index (χ4v) is 5.68. The number of amides is 4. The van der Waals surface area contributed by atoms with Crippen LogP contribution < -0.4 is 16.1 Å². The molecular weight excluding hydrogens is 652 g/mol. The van der Waals surface area contributed by atoms with Gasteiger partial charge in [-0.25, -0.2) is 14.4 Å². The second-order valence-corrected chi connectivity index (χ2v) is 14.9. The predicted octanol–water partition coefficient (Wildman–Crippen LogP) is 5.95. The number of unbranched alkanes of at least 4 members (excludes halogenated alkanes) is 2. The smallest absolute Gasteiger partial charge is 0.408 e. The number of benzene rings is 2. The number of aryl methyl sites for hydroxylation is 2. The first-order valence-electron chi connectivity index (χ1n) is 18.0. The van der Waals surface area contributed by atoms with Crippen molar-refractivity contribution in [3.05, 3.63) is 71.3 Å². The third-order valence-corrected chi connectivity index (χ3v) is 8.06. The molecule has 0 aromatic heterocycles. The van der Waals surface area contributed by atoms with E-state index in [-0.39, 0.29) is 19.4 Å². The molecular formula is C39H56N4O8. The molecule has 1 aliphatic rings. The molecule has 1 heterocycles. The zero-order valence-electron chi connectivity index (χ0n) is 31.0. The molecule has 1 fully saturated rings. The summed E-state index contributed by atoms with van der Waals surface area (Å²) < 4.78 is 10.6. The molecule has 0 radical (unpaired) electrons. The Morgan fingerprint density at radius 1 is 0.765 bits per heavy atom. The van der Waals surface area contributed by atoms with Crippen LogP contribution in [-0.2, 0) is 48.0 Å². The molecule has 0 unspecified atom stereocenters. The van der Waals surface area contributed by atoms with Gasteiger partial charge in [0.05, 0.1) is 6.42 Å². The number of ether oxygens (including phenoxy) is 2. The maximum Gasteiger partial charge on any atom is 0.408 e. The van der Waals surface area contributed by atoms with Crippen molar-refractivity contribution in [2.75, 3.05) is 13.1 Å². The maximum atomic E-state index is 13.7. The molecule has 0 bridgehead atoms. The number of rotatable bonds is 15. The summed E-state index contributed by atoms with van der Waals surface area (Å²) in [6, 6.07) is 16.3. The van der Waals surface area contributed by atoms with Crippen LogP contribution in [0.25, 0.3) is 0 Å². The Labute approximate surface area is 302 Å². The fourth-order valence-electron chi connectivity index (χ4n) is 5.68. The van der Waals surface area contributed by atoms with Crippen LogP contribution in [0.4, 0.5) is 9.59 Å². The summed E-state index contributed by atoms with van der Waals surface area (Å²) in [7, 11) is 0. The van der Waals surface area contributed by atoms with Crippen LogP contribution in [-0.4, -0.2) is 71.2 Å². The molecule has 12 heteroatoms. The van der Waals surface area contributed by atoms with Gasteiger partial charge in [-0.3, -0.25) is 9.59 Å². The lowest BCUT2D eigenvalue weighted by Gasteiger charge is -2.29. The molecule has 2 aromatic rings. The first kappa shape index (κ1) is 40.8. The molecule has 3 rings (SSSR count). The largest absolute Gasteiger partial charge is 0.444 e. The Bertz CT molecular complexity index is 1430. The number of alkyl carbamates (subject to hydrolysis) is 2. The second-order valence-electron chi connectivity index (χ2n) is 14.9. The molecule has 0 saturated carbocycles. The quantitative estimate of drug-likeness (QED) is 0.117. The van der Waals surface area contributed by atoms with Gasteiger partial charge in [0.2, 0.25) is 5.91 Å². The number of hydrogen-bond donors (Lipinski definition) is 3. The highest BCUT2D eigenvalue weighted by Gasteiger charge is 2.39. The Morgan fingerprint density at radius 3 is 1.98 bits per heavy atom. The van der Waals surface area contributed by atoms with Crippen LogP contribution >= 0.6 is 0 Å². The molecule has 2 aromatic carbocycles. The van der Waals surface area contributed by atoms with Crippen molar-refractivity contribution in [1.29, 1.82) is 0 Å². The third kappa shape index (κ3) is 15.9. The number of carbonyl (C=O) groups excluding carboxylic acids is 5. The van der Waals surface area contributed by atoms with Crippen molar-refractivity contribution in [2.24, 2.45) is 0 Å². The molecule has 3 N–H and O–H groups in total. The summed E-state index contributed by atoms with van der Waals surface area (Å²) >= 11 is 0. The number of likely N-dealkylation sites (tertiary alicyclic amines) is 1. The van der Waals surface area contributed by atoms with Gasteiger partial charge in [-0.05, 0) is 116 Å². The molecule has 280 valence electrons. The molecule has 2 atom stereocenters. The van der Waals surface area contributed by atoms with E-state index in [9.17, 15) is 24.0 Å². The van der Waals surface area contributed by atoms with Gasteiger partial charge in [-0.15, -0.1) is 0 Å². The van der Waals surface area contributed by atoms with Crippen molar-refractivity contribution in [3.63, 3.8) is 0 Å². The van der Waals surface area contributed by atoms with Gasteiger partial charge in [0, 0.05) is 13.1 Å². The van der Waals surface area contributed by atoms with Crippen molar-refractivity contribution in [1.82, 2.24) is 21.0 Å². The average molecular weight is 709 g/mol. The van der Waals surface area contributed by atoms with Gasteiger partial charge in [-0.1, -0.05) is 54.6 Å². The topological polar surface area (TPSA) is 152 Å². The predicted molar refractivity (Wildman–Crippen MR) is 193 cm³/mol. The number of nitrogens with one attached hydrogen (secondary N) is 3. The van der Waals surface area contributed by atoms with E-state index < -0.39 is 53.3 Å². The van der Waals surface area contributed by atoms with Crippen molar-refractivity contribution < 1.29 is 38.3 Å². The van der Waals surface area contributed by atoms with Crippen molar-refractivity contribution >= 4 is 30.0 Å². The van der Waals surface area contributed by atoms with Crippen molar-refractivity contribution in [2.45, 2.75) is 129 Å². The lowest BCUT2D eigenvalue weighted by molar-refractivity contribution is -0.164. The Morgan fingerprint density at radius 2 is 1.35 bits per heavy atom. The van der Waals surface area contributed by atoms with Crippen LogP contribution in [0.1, 0.15) is 103 Å². The average Bonchev–Trinajstić information content (AvgIpc) is 3.54. The highest BCUT2D eigenvalue weighted by molar-refractivity contribution is 5.90. The van der Waals surface area contributed by atoms with E-state index in [4.69, 9.17) is 14.3 Å². The number of hydrogen-bond acceptors (Lipinski definition) is 8. The number of hydroxylamine groups is 1. The lowest BCUT2D eigenvalue weighted by Crippen LogP contribution is -2.53. The molecule has 0 spiro atoms. The van der Waals surface area contributed by atoms with Crippen LogP contribution in [0.2, 0.25) is 0 Å². The van der Waals surface area contributed by atoms with Gasteiger partial charge < -0.3 is 29.8 Å². The molecule has 4 amide bonds. The Balaban J connectivity index is 1.47. The minimum atomic E-state index is -0.976. The van der Waals surface area contributed by atoms with E-state index in [1.54, 1.807) is 41.5 Å². The molecule has 12 nitrogen and oxygen atoms in total. The SMILES string of the molecule is CC(C)(C)OC(=O)NCCCC[C@H](NC(=O)OC(C)(C)C)C(=O)N1CCC[C@H]1C(=O)ONC(=O)Cc1ccc(CCCCc2ccccc2)cc1. The minimum Gasteiger partial charge on any atom is -0.444 e. The fraction of sp³-hybridized carbons (Fsp3) is 0.564. The van der Waals surface area contributed by atoms with E-state index >= 15 is 0 Å². The molecule has 1 aliphatic heterocycles. The minimum absolute atomic E-state index is 0.0273. The summed E-state index contributed by atoms with van der Waals surface area (Å²) in [6.07, 6.45) is 5.05. The summed E-state index contributed by atoms with van der Waals surface area (Å²) in [5, 5.41) is 5.34. The molecule has 1 saturated heterocycles. The van der Waals surface area contributed by atoms with Crippen LogP contribution in [0.15, 0.2) is 54.6 Å². The summed E-state index contributed by atoms with van der Waals surface area (Å²) in [6.45, 7) is 11.1. The summed E-state index contributed by atoms with van der Waals surface area (Å²) in [4.78, 5) is 70.6. The second kappa shape index (κ2) is 19.7.